The van der Waals surface area contributed by atoms with Crippen molar-refractivity contribution < 1.29 is 14.5 Å². The van der Waals surface area contributed by atoms with Crippen LogP contribution in [0.5, 0.6) is 0 Å². The normalized spacial score (nSPS) is 10.2. The zero-order valence-electron chi connectivity index (χ0n) is 12.0. The van der Waals surface area contributed by atoms with Crippen LogP contribution in [0, 0.1) is 17.0 Å². The number of aromatic nitrogens is 1. The van der Waals surface area contributed by atoms with Crippen LogP contribution in [-0.4, -0.2) is 35.6 Å². The first-order valence-corrected chi connectivity index (χ1v) is 6.52. The highest BCUT2D eigenvalue weighted by Gasteiger charge is 2.17. The molecule has 1 heterocycles. The lowest BCUT2D eigenvalue weighted by molar-refractivity contribution is -0.385. The Morgan fingerprint density at radius 1 is 1.45 bits per heavy atom. The highest BCUT2D eigenvalue weighted by atomic mass is 16.6. The molecule has 0 unspecified atom stereocenters. The molecule has 0 bridgehead atoms. The van der Waals surface area contributed by atoms with Crippen molar-refractivity contribution in [2.75, 3.05) is 24.6 Å². The lowest BCUT2D eigenvalue weighted by atomic mass is 10.3. The van der Waals surface area contributed by atoms with Gasteiger partial charge in [0.05, 0.1) is 11.5 Å². The number of carbonyl (C=O) groups excluding carboxylic acids is 1. The monoisotopic (exact) mass is 281 g/mol. The van der Waals surface area contributed by atoms with E-state index >= 15 is 0 Å². The second-order valence-corrected chi connectivity index (χ2v) is 4.26. The average Bonchev–Trinajstić information content (AvgIpc) is 2.38. The standard InChI is InChI=1S/C13H19N3O4/c1-4-8-15(9-13(17)20-5-2)12-7-6-11(16(18)19)10(3)14-12/h6-7H,4-5,8-9H2,1-3H3. The van der Waals surface area contributed by atoms with Gasteiger partial charge in [0.2, 0.25) is 0 Å². The van der Waals surface area contributed by atoms with Crippen molar-refractivity contribution in [3.63, 3.8) is 0 Å². The van der Waals surface area contributed by atoms with Gasteiger partial charge in [0.15, 0.2) is 0 Å². The Hall–Kier alpha value is -2.18. The zero-order chi connectivity index (χ0) is 15.1. The van der Waals surface area contributed by atoms with E-state index in [1.54, 1.807) is 24.8 Å². The first-order valence-electron chi connectivity index (χ1n) is 6.52. The van der Waals surface area contributed by atoms with Gasteiger partial charge in [-0.15, -0.1) is 0 Å². The summed E-state index contributed by atoms with van der Waals surface area (Å²) in [5.41, 5.74) is 0.304. The third-order valence-corrected chi connectivity index (χ3v) is 2.68. The van der Waals surface area contributed by atoms with Gasteiger partial charge in [-0.3, -0.25) is 14.9 Å². The molecule has 1 aromatic rings. The van der Waals surface area contributed by atoms with Crippen molar-refractivity contribution in [3.05, 3.63) is 27.9 Å². The third-order valence-electron chi connectivity index (χ3n) is 2.68. The second kappa shape index (κ2) is 7.42. The van der Waals surface area contributed by atoms with Crippen molar-refractivity contribution in [1.29, 1.82) is 0 Å². The van der Waals surface area contributed by atoms with Gasteiger partial charge in [0.25, 0.3) is 5.69 Å². The van der Waals surface area contributed by atoms with Gasteiger partial charge in [-0.2, -0.15) is 0 Å². The number of carbonyl (C=O) groups is 1. The molecule has 1 aromatic heterocycles. The Bertz CT molecular complexity index is 491. The summed E-state index contributed by atoms with van der Waals surface area (Å²) in [5, 5.41) is 10.8. The van der Waals surface area contributed by atoms with Crippen molar-refractivity contribution in [1.82, 2.24) is 4.98 Å². The Labute approximate surface area is 117 Å². The van der Waals surface area contributed by atoms with E-state index in [0.29, 0.717) is 24.7 Å². The van der Waals surface area contributed by atoms with Crippen molar-refractivity contribution in [3.8, 4) is 0 Å². The summed E-state index contributed by atoms with van der Waals surface area (Å²) in [6, 6.07) is 2.96. The van der Waals surface area contributed by atoms with Crippen LogP contribution < -0.4 is 4.90 Å². The molecule has 0 radical (unpaired) electrons. The number of pyridine rings is 1. The Morgan fingerprint density at radius 2 is 2.15 bits per heavy atom. The molecule has 0 aliphatic heterocycles. The third kappa shape index (κ3) is 4.18. The lowest BCUT2D eigenvalue weighted by Gasteiger charge is -2.22. The summed E-state index contributed by atoms with van der Waals surface area (Å²) in [4.78, 5) is 27.8. The van der Waals surface area contributed by atoms with Gasteiger partial charge >= 0.3 is 5.97 Å². The zero-order valence-corrected chi connectivity index (χ0v) is 12.0. The molecule has 0 atom stereocenters. The first kappa shape index (κ1) is 15.9. The average molecular weight is 281 g/mol. The molecule has 0 aromatic carbocycles. The molecule has 0 saturated heterocycles. The number of esters is 1. The van der Waals surface area contributed by atoms with E-state index in [0.717, 1.165) is 6.42 Å². The van der Waals surface area contributed by atoms with Crippen molar-refractivity contribution in [2.24, 2.45) is 0 Å². The number of hydrogen-bond acceptors (Lipinski definition) is 6. The Morgan fingerprint density at radius 3 is 2.65 bits per heavy atom. The molecule has 7 nitrogen and oxygen atoms in total. The van der Waals surface area contributed by atoms with Gasteiger partial charge in [-0.25, -0.2) is 4.98 Å². The molecule has 110 valence electrons. The summed E-state index contributed by atoms with van der Waals surface area (Å²) in [7, 11) is 0. The maximum absolute atomic E-state index is 11.6. The number of rotatable bonds is 7. The second-order valence-electron chi connectivity index (χ2n) is 4.26. The molecule has 0 aliphatic carbocycles. The van der Waals surface area contributed by atoms with E-state index in [4.69, 9.17) is 4.74 Å². The number of hydrogen-bond donors (Lipinski definition) is 0. The first-order chi connectivity index (χ1) is 9.49. The Balaban J connectivity index is 2.94. The van der Waals surface area contributed by atoms with Crippen LogP contribution in [0.25, 0.3) is 0 Å². The van der Waals surface area contributed by atoms with Crippen LogP contribution in [-0.2, 0) is 9.53 Å². The molecular formula is C13H19N3O4. The number of ether oxygens (including phenoxy) is 1. The fourth-order valence-corrected chi connectivity index (χ4v) is 1.82. The van der Waals surface area contributed by atoms with Gasteiger partial charge in [0.1, 0.15) is 18.1 Å². The molecule has 0 saturated carbocycles. The molecular weight excluding hydrogens is 262 g/mol. The largest absolute Gasteiger partial charge is 0.465 e. The maximum atomic E-state index is 11.6. The predicted octanol–water partition coefficient (Wildman–Crippen LogP) is 2.08. The van der Waals surface area contributed by atoms with E-state index in [9.17, 15) is 14.9 Å². The van der Waals surface area contributed by atoms with Crippen molar-refractivity contribution in [2.45, 2.75) is 27.2 Å². The van der Waals surface area contributed by atoms with Crippen LogP contribution in [0.1, 0.15) is 26.0 Å². The predicted molar refractivity (Wildman–Crippen MR) is 74.8 cm³/mol. The van der Waals surface area contributed by atoms with Crippen LogP contribution in [0.2, 0.25) is 0 Å². The lowest BCUT2D eigenvalue weighted by Crippen LogP contribution is -2.32. The minimum atomic E-state index is -0.471. The highest BCUT2D eigenvalue weighted by molar-refractivity contribution is 5.75. The van der Waals surface area contributed by atoms with Crippen LogP contribution in [0.3, 0.4) is 0 Å². The number of aryl methyl sites for hydroxylation is 1. The van der Waals surface area contributed by atoms with Crippen LogP contribution in [0.4, 0.5) is 11.5 Å². The number of nitro groups is 1. The van der Waals surface area contributed by atoms with Crippen LogP contribution in [0.15, 0.2) is 12.1 Å². The summed E-state index contributed by atoms with van der Waals surface area (Å²) < 4.78 is 4.92. The quantitative estimate of drug-likeness (QED) is 0.432. The number of anilines is 1. The summed E-state index contributed by atoms with van der Waals surface area (Å²) in [6.07, 6.45) is 0.830. The molecule has 0 amide bonds. The van der Waals surface area contributed by atoms with E-state index in [-0.39, 0.29) is 18.2 Å². The van der Waals surface area contributed by atoms with Gasteiger partial charge < -0.3 is 9.64 Å². The van der Waals surface area contributed by atoms with Gasteiger partial charge in [-0.05, 0) is 26.3 Å². The minimum Gasteiger partial charge on any atom is -0.465 e. The molecule has 7 heteroatoms. The molecule has 0 spiro atoms. The van der Waals surface area contributed by atoms with Gasteiger partial charge in [-0.1, -0.05) is 6.92 Å². The highest BCUT2D eigenvalue weighted by Crippen LogP contribution is 2.20. The fourth-order valence-electron chi connectivity index (χ4n) is 1.82. The molecule has 0 N–H and O–H groups in total. The molecule has 0 aliphatic rings. The van der Waals surface area contributed by atoms with E-state index in [1.165, 1.54) is 6.07 Å². The fraction of sp³-hybridized carbons (Fsp3) is 0.538. The maximum Gasteiger partial charge on any atom is 0.325 e. The smallest absolute Gasteiger partial charge is 0.325 e. The summed E-state index contributed by atoms with van der Waals surface area (Å²) in [6.45, 7) is 6.35. The van der Waals surface area contributed by atoms with E-state index in [2.05, 4.69) is 4.98 Å². The number of nitrogens with zero attached hydrogens (tertiary/aromatic N) is 3. The summed E-state index contributed by atoms with van der Waals surface area (Å²) >= 11 is 0. The topological polar surface area (TPSA) is 85.6 Å². The van der Waals surface area contributed by atoms with E-state index < -0.39 is 4.92 Å². The summed E-state index contributed by atoms with van der Waals surface area (Å²) in [5.74, 6) is 0.210. The van der Waals surface area contributed by atoms with Crippen LogP contribution >= 0.6 is 0 Å². The SMILES string of the molecule is CCCN(CC(=O)OCC)c1ccc([N+](=O)[O-])c(C)n1. The van der Waals surface area contributed by atoms with Gasteiger partial charge in [0, 0.05) is 12.6 Å². The molecule has 20 heavy (non-hydrogen) atoms. The van der Waals surface area contributed by atoms with Crippen molar-refractivity contribution >= 4 is 17.5 Å². The molecule has 1 rings (SSSR count). The van der Waals surface area contributed by atoms with E-state index in [1.807, 2.05) is 6.92 Å². The minimum absolute atomic E-state index is 0.0265. The Kier molecular flexibility index (Phi) is 5.89. The molecule has 0 fully saturated rings.